The number of rotatable bonds is 8. The second kappa shape index (κ2) is 9.42. The summed E-state index contributed by atoms with van der Waals surface area (Å²) in [4.78, 5) is 2.66. The molecular formula is C21H43NO. The highest BCUT2D eigenvalue weighted by atomic mass is 16.3. The number of piperidine rings is 1. The quantitative estimate of drug-likeness (QED) is 0.596. The van der Waals surface area contributed by atoms with E-state index in [1.54, 1.807) is 0 Å². The molecule has 1 aliphatic heterocycles. The summed E-state index contributed by atoms with van der Waals surface area (Å²) in [5.74, 6) is 0.943. The van der Waals surface area contributed by atoms with Crippen LogP contribution in [0.25, 0.3) is 0 Å². The molecule has 0 bridgehead atoms. The fraction of sp³-hybridized carbons (Fsp3) is 1.00. The smallest absolute Gasteiger partial charge is 0.0545 e. The van der Waals surface area contributed by atoms with Crippen molar-refractivity contribution >= 4 is 0 Å². The molecule has 1 atom stereocenters. The van der Waals surface area contributed by atoms with E-state index < -0.39 is 0 Å². The molecule has 0 aliphatic carbocycles. The Kier molecular flexibility index (Phi) is 8.58. The van der Waals surface area contributed by atoms with Gasteiger partial charge >= 0.3 is 0 Å². The monoisotopic (exact) mass is 325 g/mol. The summed E-state index contributed by atoms with van der Waals surface area (Å²) in [7, 11) is 0. The summed E-state index contributed by atoms with van der Waals surface area (Å²) in [5, 5.41) is 10.0. The first-order valence-corrected chi connectivity index (χ1v) is 9.96. The van der Waals surface area contributed by atoms with Crippen molar-refractivity contribution in [2.24, 2.45) is 16.7 Å². The summed E-state index contributed by atoms with van der Waals surface area (Å²) >= 11 is 0. The predicted molar refractivity (Wildman–Crippen MR) is 102 cm³/mol. The van der Waals surface area contributed by atoms with Crippen LogP contribution in [0.2, 0.25) is 0 Å². The third-order valence-electron chi connectivity index (χ3n) is 4.97. The number of likely N-dealkylation sites (tertiary alicyclic amines) is 1. The minimum absolute atomic E-state index is 0.108. The van der Waals surface area contributed by atoms with Crippen molar-refractivity contribution in [2.45, 2.75) is 99.0 Å². The van der Waals surface area contributed by atoms with E-state index in [1.165, 1.54) is 58.2 Å². The molecule has 0 aromatic carbocycles. The summed E-state index contributed by atoms with van der Waals surface area (Å²) < 4.78 is 0. The lowest BCUT2D eigenvalue weighted by atomic mass is 9.80. The molecule has 138 valence electrons. The van der Waals surface area contributed by atoms with Crippen LogP contribution in [0.4, 0.5) is 0 Å². The van der Waals surface area contributed by atoms with Crippen LogP contribution >= 0.6 is 0 Å². The molecule has 0 aromatic heterocycles. The maximum Gasteiger partial charge on any atom is 0.0545 e. The lowest BCUT2D eigenvalue weighted by Gasteiger charge is -2.35. The zero-order valence-electron chi connectivity index (χ0n) is 16.8. The largest absolute Gasteiger partial charge is 0.393 e. The minimum Gasteiger partial charge on any atom is -0.393 e. The lowest BCUT2D eigenvalue weighted by molar-refractivity contribution is 0.109. The van der Waals surface area contributed by atoms with E-state index in [1.807, 2.05) is 0 Å². The predicted octanol–water partition coefficient (Wildman–Crippen LogP) is 5.49. The van der Waals surface area contributed by atoms with Crippen LogP contribution in [0.1, 0.15) is 92.9 Å². The molecule has 0 saturated carbocycles. The second-order valence-corrected chi connectivity index (χ2v) is 10.3. The van der Waals surface area contributed by atoms with Gasteiger partial charge in [-0.25, -0.2) is 0 Å². The van der Waals surface area contributed by atoms with E-state index in [0.717, 1.165) is 18.8 Å². The van der Waals surface area contributed by atoms with Gasteiger partial charge < -0.3 is 10.0 Å². The van der Waals surface area contributed by atoms with E-state index in [2.05, 4.69) is 46.4 Å². The van der Waals surface area contributed by atoms with Crippen molar-refractivity contribution in [1.82, 2.24) is 4.90 Å². The van der Waals surface area contributed by atoms with E-state index in [0.29, 0.717) is 5.41 Å². The highest BCUT2D eigenvalue weighted by Crippen LogP contribution is 2.31. The van der Waals surface area contributed by atoms with Crippen molar-refractivity contribution in [3.8, 4) is 0 Å². The maximum absolute atomic E-state index is 10.0. The summed E-state index contributed by atoms with van der Waals surface area (Å²) in [6.45, 7) is 17.6. The molecule has 1 fully saturated rings. The number of unbranched alkanes of at least 4 members (excludes halogenated alkanes) is 2. The fourth-order valence-corrected chi connectivity index (χ4v) is 3.98. The SMILES string of the molecule is CC(C)(C)CC(O)CCCCCN1CCC(CC(C)(C)C)CC1. The zero-order chi connectivity index (χ0) is 17.5. The van der Waals surface area contributed by atoms with Crippen LogP contribution in [0.5, 0.6) is 0 Å². The Morgan fingerprint density at radius 3 is 2.04 bits per heavy atom. The van der Waals surface area contributed by atoms with Crippen LogP contribution in [0.3, 0.4) is 0 Å². The Bertz CT molecular complexity index is 305. The third-order valence-corrected chi connectivity index (χ3v) is 4.97. The molecule has 1 aliphatic rings. The van der Waals surface area contributed by atoms with Gasteiger partial charge in [0.1, 0.15) is 0 Å². The Labute approximate surface area is 146 Å². The average Bonchev–Trinajstić information content (AvgIpc) is 2.36. The van der Waals surface area contributed by atoms with E-state index in [9.17, 15) is 5.11 Å². The molecular weight excluding hydrogens is 282 g/mol. The molecule has 1 rings (SSSR count). The van der Waals surface area contributed by atoms with Gasteiger partial charge in [-0.05, 0) is 74.9 Å². The van der Waals surface area contributed by atoms with Crippen LogP contribution in [0, 0.1) is 16.7 Å². The Hall–Kier alpha value is -0.0800. The van der Waals surface area contributed by atoms with Gasteiger partial charge in [-0.15, -0.1) is 0 Å². The maximum atomic E-state index is 10.0. The first kappa shape index (κ1) is 21.0. The molecule has 0 aromatic rings. The molecule has 1 heterocycles. The number of hydrogen-bond acceptors (Lipinski definition) is 2. The summed E-state index contributed by atoms with van der Waals surface area (Å²) in [6, 6.07) is 0. The first-order chi connectivity index (χ1) is 10.6. The molecule has 0 amide bonds. The summed E-state index contributed by atoms with van der Waals surface area (Å²) in [5.41, 5.74) is 0.734. The van der Waals surface area contributed by atoms with Gasteiger partial charge in [-0.3, -0.25) is 0 Å². The van der Waals surface area contributed by atoms with Crippen LogP contribution in [0.15, 0.2) is 0 Å². The van der Waals surface area contributed by atoms with Gasteiger partial charge in [0, 0.05) is 0 Å². The molecule has 23 heavy (non-hydrogen) atoms. The van der Waals surface area contributed by atoms with E-state index >= 15 is 0 Å². The highest BCUT2D eigenvalue weighted by Gasteiger charge is 2.23. The molecule has 2 nitrogen and oxygen atoms in total. The van der Waals surface area contributed by atoms with Gasteiger partial charge in [0.2, 0.25) is 0 Å². The van der Waals surface area contributed by atoms with Crippen molar-refractivity contribution < 1.29 is 5.11 Å². The molecule has 0 spiro atoms. The second-order valence-electron chi connectivity index (χ2n) is 10.3. The first-order valence-electron chi connectivity index (χ1n) is 9.96. The topological polar surface area (TPSA) is 23.5 Å². The number of hydrogen-bond donors (Lipinski definition) is 1. The molecule has 1 saturated heterocycles. The van der Waals surface area contributed by atoms with Crippen LogP contribution in [-0.4, -0.2) is 35.7 Å². The van der Waals surface area contributed by atoms with Crippen molar-refractivity contribution in [3.05, 3.63) is 0 Å². The van der Waals surface area contributed by atoms with Gasteiger partial charge in [0.25, 0.3) is 0 Å². The minimum atomic E-state index is -0.108. The van der Waals surface area contributed by atoms with Gasteiger partial charge in [-0.2, -0.15) is 0 Å². The number of aliphatic hydroxyl groups excluding tert-OH is 1. The fourth-order valence-electron chi connectivity index (χ4n) is 3.98. The van der Waals surface area contributed by atoms with Gasteiger partial charge in [0.05, 0.1) is 6.10 Å². The Morgan fingerprint density at radius 2 is 1.52 bits per heavy atom. The van der Waals surface area contributed by atoms with Crippen molar-refractivity contribution in [1.29, 1.82) is 0 Å². The molecule has 2 heteroatoms. The average molecular weight is 326 g/mol. The van der Waals surface area contributed by atoms with Gasteiger partial charge in [-0.1, -0.05) is 54.4 Å². The highest BCUT2D eigenvalue weighted by molar-refractivity contribution is 4.76. The number of nitrogens with zero attached hydrogens (tertiary/aromatic N) is 1. The normalized spacial score (nSPS) is 20.0. The van der Waals surface area contributed by atoms with Crippen molar-refractivity contribution in [2.75, 3.05) is 19.6 Å². The zero-order valence-corrected chi connectivity index (χ0v) is 16.8. The lowest BCUT2D eigenvalue weighted by Crippen LogP contribution is -2.35. The number of aliphatic hydroxyl groups is 1. The molecule has 1 unspecified atom stereocenters. The Balaban J connectivity index is 2.03. The van der Waals surface area contributed by atoms with E-state index in [-0.39, 0.29) is 11.5 Å². The summed E-state index contributed by atoms with van der Waals surface area (Å²) in [6.07, 6.45) is 9.70. The van der Waals surface area contributed by atoms with E-state index in [4.69, 9.17) is 0 Å². The standard InChI is InChI=1S/C21H43NO/c1-20(2,3)16-18-11-14-22(15-12-18)13-9-7-8-10-19(23)17-21(4,5)6/h18-19,23H,7-17H2,1-6H3. The molecule has 1 N–H and O–H groups in total. The Morgan fingerprint density at radius 1 is 0.913 bits per heavy atom. The van der Waals surface area contributed by atoms with Gasteiger partial charge in [0.15, 0.2) is 0 Å². The third kappa shape index (κ3) is 11.2. The van der Waals surface area contributed by atoms with Crippen molar-refractivity contribution in [3.63, 3.8) is 0 Å². The van der Waals surface area contributed by atoms with Crippen LogP contribution in [-0.2, 0) is 0 Å². The van der Waals surface area contributed by atoms with Crippen LogP contribution < -0.4 is 0 Å². The molecule has 0 radical (unpaired) electrons.